The maximum atomic E-state index is 5.26. The molecule has 16 heavy (non-hydrogen) atoms. The van der Waals surface area contributed by atoms with Crippen molar-refractivity contribution in [3.63, 3.8) is 0 Å². The summed E-state index contributed by atoms with van der Waals surface area (Å²) in [6.45, 7) is 2.12. The molecule has 2 N–H and O–H groups in total. The summed E-state index contributed by atoms with van der Waals surface area (Å²) in [5.74, 6) is 0.865. The number of benzene rings is 1. The van der Waals surface area contributed by atoms with Gasteiger partial charge in [-0.1, -0.05) is 17.3 Å². The van der Waals surface area contributed by atoms with Gasteiger partial charge in [-0.25, -0.2) is 0 Å². The number of anilines is 1. The Kier molecular flexibility index (Phi) is 2.50. The summed E-state index contributed by atoms with van der Waals surface area (Å²) in [5, 5.41) is 11.9. The van der Waals surface area contributed by atoms with Crippen LogP contribution in [0.2, 0.25) is 0 Å². The number of nitrogens with zero attached hydrogens (tertiary/aromatic N) is 1. The first-order valence-electron chi connectivity index (χ1n) is 5.75. The fraction of sp³-hybridized carbons (Fsp3) is 0.417. The zero-order chi connectivity index (χ0) is 10.8. The summed E-state index contributed by atoms with van der Waals surface area (Å²) in [7, 11) is 0. The van der Waals surface area contributed by atoms with Gasteiger partial charge in [0, 0.05) is 12.6 Å². The molecule has 4 heteroatoms. The van der Waals surface area contributed by atoms with E-state index in [1.54, 1.807) is 0 Å². The fourth-order valence-corrected chi connectivity index (χ4v) is 2.16. The third-order valence-corrected chi connectivity index (χ3v) is 3.02. The van der Waals surface area contributed by atoms with Gasteiger partial charge in [0.25, 0.3) is 0 Å². The standard InChI is InChI=1S/C12H15N3O/c1-2-6-11-10(5-1)12(15-16-11)14-9-4-3-7-13-8-9/h1-2,5-6,9,13H,3-4,7-8H2,(H,14,15). The van der Waals surface area contributed by atoms with E-state index in [1.165, 1.54) is 12.8 Å². The van der Waals surface area contributed by atoms with Gasteiger partial charge in [0.15, 0.2) is 11.4 Å². The molecule has 1 aliphatic heterocycles. The predicted octanol–water partition coefficient (Wildman–Crippen LogP) is 1.99. The van der Waals surface area contributed by atoms with Crippen LogP contribution in [0.5, 0.6) is 0 Å². The van der Waals surface area contributed by atoms with E-state index in [2.05, 4.69) is 15.8 Å². The highest BCUT2D eigenvalue weighted by molar-refractivity contribution is 5.87. The molecule has 1 aromatic carbocycles. The van der Waals surface area contributed by atoms with Crippen LogP contribution in [-0.2, 0) is 0 Å². The molecule has 84 valence electrons. The minimum absolute atomic E-state index is 0.460. The first kappa shape index (κ1) is 9.66. The minimum atomic E-state index is 0.460. The second-order valence-electron chi connectivity index (χ2n) is 4.21. The third-order valence-electron chi connectivity index (χ3n) is 3.02. The van der Waals surface area contributed by atoms with Crippen molar-refractivity contribution < 1.29 is 4.52 Å². The van der Waals surface area contributed by atoms with Crippen LogP contribution < -0.4 is 10.6 Å². The lowest BCUT2D eigenvalue weighted by molar-refractivity contribution is 0.449. The van der Waals surface area contributed by atoms with Crippen molar-refractivity contribution in [2.24, 2.45) is 0 Å². The molecule has 1 atom stereocenters. The molecule has 0 aliphatic carbocycles. The Bertz CT molecular complexity index is 474. The highest BCUT2D eigenvalue weighted by Gasteiger charge is 2.15. The molecular weight excluding hydrogens is 202 g/mol. The van der Waals surface area contributed by atoms with Gasteiger partial charge in [0.2, 0.25) is 0 Å². The summed E-state index contributed by atoms with van der Waals surface area (Å²) in [6.07, 6.45) is 2.40. The monoisotopic (exact) mass is 217 g/mol. The van der Waals surface area contributed by atoms with E-state index in [4.69, 9.17) is 4.52 Å². The number of nitrogens with one attached hydrogen (secondary N) is 2. The van der Waals surface area contributed by atoms with Crippen molar-refractivity contribution in [3.05, 3.63) is 24.3 Å². The van der Waals surface area contributed by atoms with E-state index in [1.807, 2.05) is 24.3 Å². The molecule has 0 bridgehead atoms. The summed E-state index contributed by atoms with van der Waals surface area (Å²) in [4.78, 5) is 0. The van der Waals surface area contributed by atoms with Crippen LogP contribution in [0.15, 0.2) is 28.8 Å². The van der Waals surface area contributed by atoms with Gasteiger partial charge < -0.3 is 15.2 Å². The molecule has 0 saturated carbocycles. The second-order valence-corrected chi connectivity index (χ2v) is 4.21. The maximum Gasteiger partial charge on any atom is 0.177 e. The third kappa shape index (κ3) is 1.76. The second kappa shape index (κ2) is 4.14. The first-order valence-corrected chi connectivity index (χ1v) is 5.75. The summed E-state index contributed by atoms with van der Waals surface area (Å²) < 4.78 is 5.26. The normalized spacial score (nSPS) is 21.1. The van der Waals surface area contributed by atoms with Crippen molar-refractivity contribution in [2.45, 2.75) is 18.9 Å². The Hall–Kier alpha value is -1.55. The molecule has 1 saturated heterocycles. The van der Waals surface area contributed by atoms with E-state index in [0.717, 1.165) is 29.9 Å². The molecule has 3 rings (SSSR count). The lowest BCUT2D eigenvalue weighted by atomic mass is 10.1. The first-order chi connectivity index (χ1) is 7.93. The van der Waals surface area contributed by atoms with Crippen LogP contribution in [0.4, 0.5) is 5.82 Å². The van der Waals surface area contributed by atoms with E-state index >= 15 is 0 Å². The Morgan fingerprint density at radius 3 is 3.19 bits per heavy atom. The molecule has 0 radical (unpaired) electrons. The largest absolute Gasteiger partial charge is 0.363 e. The lowest BCUT2D eigenvalue weighted by Gasteiger charge is -2.23. The van der Waals surface area contributed by atoms with Crippen LogP contribution >= 0.6 is 0 Å². The van der Waals surface area contributed by atoms with Crippen molar-refractivity contribution >= 4 is 16.8 Å². The summed E-state index contributed by atoms with van der Waals surface area (Å²) in [6, 6.07) is 8.39. The summed E-state index contributed by atoms with van der Waals surface area (Å²) in [5.41, 5.74) is 0.841. The molecule has 2 aromatic rings. The van der Waals surface area contributed by atoms with Crippen LogP contribution in [0, 0.1) is 0 Å². The average molecular weight is 217 g/mol. The smallest absolute Gasteiger partial charge is 0.177 e. The number of hydrogen-bond donors (Lipinski definition) is 2. The average Bonchev–Trinajstić information content (AvgIpc) is 2.74. The zero-order valence-corrected chi connectivity index (χ0v) is 9.07. The van der Waals surface area contributed by atoms with Gasteiger partial charge in [-0.15, -0.1) is 0 Å². The highest BCUT2D eigenvalue weighted by atomic mass is 16.5. The van der Waals surface area contributed by atoms with Crippen molar-refractivity contribution in [1.29, 1.82) is 0 Å². The van der Waals surface area contributed by atoms with Gasteiger partial charge in [-0.3, -0.25) is 0 Å². The minimum Gasteiger partial charge on any atom is -0.363 e. The molecular formula is C12H15N3O. The van der Waals surface area contributed by atoms with Gasteiger partial charge >= 0.3 is 0 Å². The molecule has 2 heterocycles. The van der Waals surface area contributed by atoms with Crippen molar-refractivity contribution in [2.75, 3.05) is 18.4 Å². The number of rotatable bonds is 2. The number of para-hydroxylation sites is 1. The Morgan fingerprint density at radius 2 is 2.31 bits per heavy atom. The van der Waals surface area contributed by atoms with E-state index in [0.29, 0.717) is 6.04 Å². The molecule has 1 aliphatic rings. The van der Waals surface area contributed by atoms with Gasteiger partial charge in [-0.05, 0) is 31.5 Å². The van der Waals surface area contributed by atoms with E-state index in [9.17, 15) is 0 Å². The molecule has 1 fully saturated rings. The Labute approximate surface area is 94.0 Å². The SMILES string of the molecule is c1ccc2c(NC3CCCNC3)noc2c1. The lowest BCUT2D eigenvalue weighted by Crippen LogP contribution is -2.38. The maximum absolute atomic E-state index is 5.26. The molecule has 0 amide bonds. The topological polar surface area (TPSA) is 50.1 Å². The molecule has 1 aromatic heterocycles. The highest BCUT2D eigenvalue weighted by Crippen LogP contribution is 2.23. The van der Waals surface area contributed by atoms with Gasteiger partial charge in [0.05, 0.1) is 5.39 Å². The number of fused-ring (bicyclic) bond motifs is 1. The Morgan fingerprint density at radius 1 is 1.38 bits per heavy atom. The predicted molar refractivity (Wildman–Crippen MR) is 63.5 cm³/mol. The molecule has 4 nitrogen and oxygen atoms in total. The van der Waals surface area contributed by atoms with E-state index in [-0.39, 0.29) is 0 Å². The van der Waals surface area contributed by atoms with Gasteiger partial charge in [0.1, 0.15) is 0 Å². The van der Waals surface area contributed by atoms with Gasteiger partial charge in [-0.2, -0.15) is 0 Å². The van der Waals surface area contributed by atoms with Crippen molar-refractivity contribution in [1.82, 2.24) is 10.5 Å². The zero-order valence-electron chi connectivity index (χ0n) is 9.07. The Balaban J connectivity index is 1.83. The van der Waals surface area contributed by atoms with E-state index < -0.39 is 0 Å². The fourth-order valence-electron chi connectivity index (χ4n) is 2.16. The van der Waals surface area contributed by atoms with Crippen LogP contribution in [-0.4, -0.2) is 24.3 Å². The molecule has 0 spiro atoms. The van der Waals surface area contributed by atoms with Crippen molar-refractivity contribution in [3.8, 4) is 0 Å². The number of hydrogen-bond acceptors (Lipinski definition) is 4. The molecule has 1 unspecified atom stereocenters. The summed E-state index contributed by atoms with van der Waals surface area (Å²) >= 11 is 0. The number of aromatic nitrogens is 1. The van der Waals surface area contributed by atoms with Crippen LogP contribution in [0.25, 0.3) is 11.0 Å². The van der Waals surface area contributed by atoms with Crippen LogP contribution in [0.3, 0.4) is 0 Å². The number of piperidine rings is 1. The quantitative estimate of drug-likeness (QED) is 0.807. The van der Waals surface area contributed by atoms with Crippen LogP contribution in [0.1, 0.15) is 12.8 Å².